The average molecular weight is 348 g/mol. The van der Waals surface area contributed by atoms with Gasteiger partial charge in [0.15, 0.2) is 11.6 Å². The Hall–Kier alpha value is -1.13. The lowest BCUT2D eigenvalue weighted by molar-refractivity contribution is 0.410. The van der Waals surface area contributed by atoms with E-state index in [0.29, 0.717) is 16.3 Å². The van der Waals surface area contributed by atoms with Gasteiger partial charge < -0.3 is 4.74 Å². The highest BCUT2D eigenvalue weighted by Crippen LogP contribution is 2.38. The molecule has 0 aliphatic rings. The van der Waals surface area contributed by atoms with Gasteiger partial charge in [0, 0.05) is 10.6 Å². The van der Waals surface area contributed by atoms with Crippen molar-refractivity contribution in [3.63, 3.8) is 0 Å². The van der Waals surface area contributed by atoms with Gasteiger partial charge in [-0.1, -0.05) is 33.6 Å². The van der Waals surface area contributed by atoms with E-state index in [4.69, 9.17) is 16.3 Å². The molecular formula is C14H10BrClF2O. The van der Waals surface area contributed by atoms with E-state index in [-0.39, 0.29) is 4.83 Å². The first-order valence-corrected chi connectivity index (χ1v) is 6.74. The molecule has 0 aliphatic heterocycles. The third-order valence-corrected chi connectivity index (χ3v) is 3.96. The molecule has 0 bridgehead atoms. The van der Waals surface area contributed by atoms with Crippen molar-refractivity contribution < 1.29 is 13.5 Å². The molecule has 1 nitrogen and oxygen atoms in total. The van der Waals surface area contributed by atoms with Crippen LogP contribution in [0.2, 0.25) is 5.02 Å². The van der Waals surface area contributed by atoms with Crippen molar-refractivity contribution in [3.05, 3.63) is 64.2 Å². The van der Waals surface area contributed by atoms with Crippen molar-refractivity contribution in [2.75, 3.05) is 7.11 Å². The van der Waals surface area contributed by atoms with E-state index in [1.165, 1.54) is 13.2 Å². The molecular weight excluding hydrogens is 338 g/mol. The number of hydrogen-bond acceptors (Lipinski definition) is 1. The van der Waals surface area contributed by atoms with Crippen molar-refractivity contribution >= 4 is 27.5 Å². The van der Waals surface area contributed by atoms with E-state index in [1.54, 1.807) is 18.2 Å². The molecule has 0 fully saturated rings. The van der Waals surface area contributed by atoms with E-state index >= 15 is 0 Å². The number of benzene rings is 2. The molecule has 0 spiro atoms. The van der Waals surface area contributed by atoms with Gasteiger partial charge in [-0.25, -0.2) is 8.78 Å². The molecule has 2 aromatic rings. The first-order chi connectivity index (χ1) is 9.02. The Balaban J connectivity index is 2.45. The number of methoxy groups -OCH3 is 1. The van der Waals surface area contributed by atoms with E-state index in [2.05, 4.69) is 15.9 Å². The molecule has 1 unspecified atom stereocenters. The van der Waals surface area contributed by atoms with Gasteiger partial charge in [0.1, 0.15) is 5.75 Å². The molecule has 100 valence electrons. The molecule has 0 saturated carbocycles. The van der Waals surface area contributed by atoms with Crippen LogP contribution in [0, 0.1) is 11.6 Å². The monoisotopic (exact) mass is 346 g/mol. The van der Waals surface area contributed by atoms with Crippen molar-refractivity contribution in [1.82, 2.24) is 0 Å². The fourth-order valence-corrected chi connectivity index (χ4v) is 2.58. The largest absolute Gasteiger partial charge is 0.496 e. The summed E-state index contributed by atoms with van der Waals surface area (Å²) in [5, 5.41) is 0.544. The van der Waals surface area contributed by atoms with Crippen molar-refractivity contribution in [2.45, 2.75) is 4.83 Å². The molecule has 2 aromatic carbocycles. The van der Waals surface area contributed by atoms with Crippen LogP contribution in [0.25, 0.3) is 0 Å². The summed E-state index contributed by atoms with van der Waals surface area (Å²) in [5.74, 6) is -1.14. The second-order valence-corrected chi connectivity index (χ2v) is 5.27. The summed E-state index contributed by atoms with van der Waals surface area (Å²) >= 11 is 9.40. The van der Waals surface area contributed by atoms with Crippen LogP contribution in [-0.2, 0) is 0 Å². The highest BCUT2D eigenvalue weighted by molar-refractivity contribution is 9.09. The lowest BCUT2D eigenvalue weighted by Crippen LogP contribution is -1.98. The third-order valence-electron chi connectivity index (χ3n) is 2.70. The minimum Gasteiger partial charge on any atom is -0.496 e. The van der Waals surface area contributed by atoms with Gasteiger partial charge in [0.2, 0.25) is 0 Å². The van der Waals surface area contributed by atoms with E-state index in [0.717, 1.165) is 17.7 Å². The Morgan fingerprint density at radius 3 is 2.47 bits per heavy atom. The highest BCUT2D eigenvalue weighted by Gasteiger charge is 2.17. The minimum atomic E-state index is -0.886. The SMILES string of the molecule is COc1ccc(Cl)cc1C(Br)c1ccc(F)c(F)c1. The van der Waals surface area contributed by atoms with Gasteiger partial charge in [-0.15, -0.1) is 0 Å². The fraction of sp³-hybridized carbons (Fsp3) is 0.143. The number of alkyl halides is 1. The quantitative estimate of drug-likeness (QED) is 0.701. The Morgan fingerprint density at radius 2 is 1.84 bits per heavy atom. The third kappa shape index (κ3) is 3.07. The lowest BCUT2D eigenvalue weighted by Gasteiger charge is -2.15. The summed E-state index contributed by atoms with van der Waals surface area (Å²) in [6.45, 7) is 0. The summed E-state index contributed by atoms with van der Waals surface area (Å²) in [4.78, 5) is -0.337. The van der Waals surface area contributed by atoms with Crippen LogP contribution in [-0.4, -0.2) is 7.11 Å². The maximum Gasteiger partial charge on any atom is 0.159 e. The topological polar surface area (TPSA) is 9.23 Å². The first-order valence-electron chi connectivity index (χ1n) is 5.45. The summed E-state index contributed by atoms with van der Waals surface area (Å²) in [6, 6.07) is 8.91. The first kappa shape index (κ1) is 14.3. The number of rotatable bonds is 3. The zero-order valence-corrected chi connectivity index (χ0v) is 12.3. The van der Waals surface area contributed by atoms with Gasteiger partial charge in [0.25, 0.3) is 0 Å². The van der Waals surface area contributed by atoms with Gasteiger partial charge >= 0.3 is 0 Å². The number of halogens is 4. The Bertz CT molecular complexity index is 604. The Kier molecular flexibility index (Phi) is 4.42. The molecule has 5 heteroatoms. The number of ether oxygens (including phenoxy) is 1. The van der Waals surface area contributed by atoms with Gasteiger partial charge in [-0.05, 0) is 35.9 Å². The maximum atomic E-state index is 13.3. The zero-order valence-electron chi connectivity index (χ0n) is 9.96. The molecule has 0 N–H and O–H groups in total. The normalized spacial score (nSPS) is 12.3. The minimum absolute atomic E-state index is 0.337. The lowest BCUT2D eigenvalue weighted by atomic mass is 10.0. The molecule has 0 amide bonds. The molecule has 19 heavy (non-hydrogen) atoms. The summed E-state index contributed by atoms with van der Waals surface area (Å²) in [7, 11) is 1.54. The summed E-state index contributed by atoms with van der Waals surface area (Å²) in [5.41, 5.74) is 1.33. The second-order valence-electron chi connectivity index (χ2n) is 3.92. The van der Waals surface area contributed by atoms with E-state index in [1.807, 2.05) is 0 Å². The zero-order chi connectivity index (χ0) is 14.0. The van der Waals surface area contributed by atoms with E-state index in [9.17, 15) is 8.78 Å². The molecule has 0 aliphatic carbocycles. The van der Waals surface area contributed by atoms with Crippen LogP contribution in [0.4, 0.5) is 8.78 Å². The van der Waals surface area contributed by atoms with E-state index < -0.39 is 11.6 Å². The maximum absolute atomic E-state index is 13.3. The average Bonchev–Trinajstić information content (AvgIpc) is 2.41. The second kappa shape index (κ2) is 5.88. The van der Waals surface area contributed by atoms with Crippen molar-refractivity contribution in [3.8, 4) is 5.75 Å². The predicted octanol–water partition coefficient (Wildman–Crippen LogP) is 5.11. The Morgan fingerprint density at radius 1 is 1.11 bits per heavy atom. The Labute approximate surface area is 123 Å². The van der Waals surface area contributed by atoms with Crippen LogP contribution < -0.4 is 4.74 Å². The van der Waals surface area contributed by atoms with Gasteiger partial charge in [0.05, 0.1) is 11.9 Å². The highest BCUT2D eigenvalue weighted by atomic mass is 79.9. The van der Waals surface area contributed by atoms with Crippen LogP contribution in [0.15, 0.2) is 36.4 Å². The molecule has 0 heterocycles. The smallest absolute Gasteiger partial charge is 0.159 e. The van der Waals surface area contributed by atoms with Crippen LogP contribution >= 0.6 is 27.5 Å². The molecule has 1 atom stereocenters. The number of hydrogen-bond donors (Lipinski definition) is 0. The fourth-order valence-electron chi connectivity index (χ4n) is 1.75. The standard InChI is InChI=1S/C14H10BrClF2O/c1-19-13-5-3-9(16)7-10(13)14(15)8-2-4-11(17)12(18)6-8/h2-7,14H,1H3. The van der Waals surface area contributed by atoms with Gasteiger partial charge in [-0.3, -0.25) is 0 Å². The van der Waals surface area contributed by atoms with Crippen LogP contribution in [0.3, 0.4) is 0 Å². The van der Waals surface area contributed by atoms with Crippen LogP contribution in [0.5, 0.6) is 5.75 Å². The van der Waals surface area contributed by atoms with Crippen molar-refractivity contribution in [2.24, 2.45) is 0 Å². The molecule has 0 aromatic heterocycles. The van der Waals surface area contributed by atoms with Gasteiger partial charge in [-0.2, -0.15) is 0 Å². The molecule has 0 radical (unpaired) electrons. The molecule has 0 saturated heterocycles. The van der Waals surface area contributed by atoms with Crippen LogP contribution in [0.1, 0.15) is 16.0 Å². The molecule has 2 rings (SSSR count). The predicted molar refractivity (Wildman–Crippen MR) is 75.1 cm³/mol. The summed E-state index contributed by atoms with van der Waals surface area (Å²) < 4.78 is 31.4. The van der Waals surface area contributed by atoms with Crippen molar-refractivity contribution in [1.29, 1.82) is 0 Å². The summed E-state index contributed by atoms with van der Waals surface area (Å²) in [6.07, 6.45) is 0.